The van der Waals surface area contributed by atoms with Crippen molar-refractivity contribution in [3.05, 3.63) is 36.2 Å². The number of nitrogens with zero attached hydrogens (tertiary/aromatic N) is 3. The Morgan fingerprint density at radius 2 is 1.96 bits per heavy atom. The first kappa shape index (κ1) is 17.5. The standard InChI is InChI=1S/C17H18N4O5S/c1-21(13-4-5-27(23,24)9-13)16(22)11-7-18-17(19-8-11)20-12-2-3-14-15(6-12)26-10-25-14/h2-3,6-8,13H,4-5,9-10H2,1H3,(H,18,19,20). The van der Waals surface area contributed by atoms with Crippen molar-refractivity contribution in [1.29, 1.82) is 0 Å². The Bertz CT molecular complexity index is 977. The maximum atomic E-state index is 12.5. The number of nitrogens with one attached hydrogen (secondary N) is 1. The molecule has 9 nitrogen and oxygen atoms in total. The summed E-state index contributed by atoms with van der Waals surface area (Å²) in [6.45, 7) is 0.196. The molecule has 1 saturated heterocycles. The van der Waals surface area contributed by atoms with Gasteiger partial charge in [0.25, 0.3) is 5.91 Å². The maximum absolute atomic E-state index is 12.5. The number of aromatic nitrogens is 2. The van der Waals surface area contributed by atoms with Crippen molar-refractivity contribution < 1.29 is 22.7 Å². The van der Waals surface area contributed by atoms with Crippen LogP contribution in [0.3, 0.4) is 0 Å². The summed E-state index contributed by atoms with van der Waals surface area (Å²) < 4.78 is 33.8. The van der Waals surface area contributed by atoms with Crippen LogP contribution in [0.15, 0.2) is 30.6 Å². The minimum absolute atomic E-state index is 0.000149. The summed E-state index contributed by atoms with van der Waals surface area (Å²) in [7, 11) is -1.45. The zero-order valence-electron chi connectivity index (χ0n) is 14.6. The van der Waals surface area contributed by atoms with Gasteiger partial charge in [0.2, 0.25) is 12.7 Å². The van der Waals surface area contributed by atoms with Gasteiger partial charge in [-0.1, -0.05) is 0 Å². The number of carbonyl (C=O) groups excluding carboxylic acids is 1. The quantitative estimate of drug-likeness (QED) is 0.829. The van der Waals surface area contributed by atoms with Gasteiger partial charge in [0, 0.05) is 37.2 Å². The molecule has 1 unspecified atom stereocenters. The molecule has 0 bridgehead atoms. The highest BCUT2D eigenvalue weighted by atomic mass is 32.2. The highest BCUT2D eigenvalue weighted by molar-refractivity contribution is 7.91. The van der Waals surface area contributed by atoms with Gasteiger partial charge in [-0.15, -0.1) is 0 Å². The van der Waals surface area contributed by atoms with E-state index in [1.807, 2.05) is 6.07 Å². The number of anilines is 2. The number of sulfone groups is 1. The number of rotatable bonds is 4. The molecule has 2 aliphatic rings. The summed E-state index contributed by atoms with van der Waals surface area (Å²) in [4.78, 5) is 22.3. The van der Waals surface area contributed by atoms with Crippen LogP contribution in [0.1, 0.15) is 16.8 Å². The number of ether oxygens (including phenoxy) is 2. The lowest BCUT2D eigenvalue weighted by atomic mass is 10.2. The molecule has 4 rings (SSSR count). The highest BCUT2D eigenvalue weighted by Gasteiger charge is 2.33. The number of hydrogen-bond donors (Lipinski definition) is 1. The number of fused-ring (bicyclic) bond motifs is 1. The van der Waals surface area contributed by atoms with E-state index in [9.17, 15) is 13.2 Å². The lowest BCUT2D eigenvalue weighted by Gasteiger charge is -2.23. The molecular formula is C17H18N4O5S. The first-order valence-corrected chi connectivity index (χ1v) is 10.2. The van der Waals surface area contributed by atoms with Crippen molar-refractivity contribution in [2.45, 2.75) is 12.5 Å². The fourth-order valence-electron chi connectivity index (χ4n) is 3.06. The Hall–Kier alpha value is -2.88. The maximum Gasteiger partial charge on any atom is 0.257 e. The van der Waals surface area contributed by atoms with Gasteiger partial charge in [-0.2, -0.15) is 0 Å². The van der Waals surface area contributed by atoms with Crippen LogP contribution in [-0.2, 0) is 9.84 Å². The van der Waals surface area contributed by atoms with E-state index < -0.39 is 9.84 Å². The molecule has 27 heavy (non-hydrogen) atoms. The molecule has 2 aromatic rings. The van der Waals surface area contributed by atoms with Crippen molar-refractivity contribution >= 4 is 27.4 Å². The van der Waals surface area contributed by atoms with Crippen LogP contribution >= 0.6 is 0 Å². The van der Waals surface area contributed by atoms with E-state index in [0.29, 0.717) is 29.4 Å². The van der Waals surface area contributed by atoms with Crippen LogP contribution in [0.25, 0.3) is 0 Å². The largest absolute Gasteiger partial charge is 0.454 e. The molecule has 1 aromatic heterocycles. The molecule has 0 radical (unpaired) electrons. The zero-order valence-corrected chi connectivity index (χ0v) is 15.4. The molecule has 1 amide bonds. The van der Waals surface area contributed by atoms with Gasteiger partial charge in [-0.25, -0.2) is 18.4 Å². The van der Waals surface area contributed by atoms with Gasteiger partial charge in [0.05, 0.1) is 17.1 Å². The van der Waals surface area contributed by atoms with Gasteiger partial charge in [0.1, 0.15) is 0 Å². The van der Waals surface area contributed by atoms with E-state index >= 15 is 0 Å². The lowest BCUT2D eigenvalue weighted by Crippen LogP contribution is -2.37. The van der Waals surface area contributed by atoms with Crippen molar-refractivity contribution in [1.82, 2.24) is 14.9 Å². The zero-order chi connectivity index (χ0) is 19.0. The van der Waals surface area contributed by atoms with E-state index in [2.05, 4.69) is 15.3 Å². The molecule has 0 aliphatic carbocycles. The monoisotopic (exact) mass is 390 g/mol. The number of carbonyl (C=O) groups is 1. The molecule has 142 valence electrons. The third kappa shape index (κ3) is 3.65. The Morgan fingerprint density at radius 1 is 1.22 bits per heavy atom. The van der Waals surface area contributed by atoms with E-state index in [1.54, 1.807) is 19.2 Å². The van der Waals surface area contributed by atoms with Crippen LogP contribution in [0.2, 0.25) is 0 Å². The fourth-order valence-corrected chi connectivity index (χ4v) is 4.83. The summed E-state index contributed by atoms with van der Waals surface area (Å²) in [5, 5.41) is 3.03. The molecule has 3 heterocycles. The van der Waals surface area contributed by atoms with E-state index in [4.69, 9.17) is 9.47 Å². The van der Waals surface area contributed by atoms with E-state index in [0.717, 1.165) is 5.69 Å². The third-order valence-corrected chi connectivity index (χ3v) is 6.35. The second-order valence-electron chi connectivity index (χ2n) is 6.46. The Balaban J connectivity index is 1.43. The molecule has 1 atom stereocenters. The smallest absolute Gasteiger partial charge is 0.257 e. The molecular weight excluding hydrogens is 372 g/mol. The third-order valence-electron chi connectivity index (χ3n) is 4.60. The number of amides is 1. The van der Waals surface area contributed by atoms with Gasteiger partial charge in [0.15, 0.2) is 21.3 Å². The molecule has 10 heteroatoms. The minimum atomic E-state index is -3.06. The molecule has 2 aliphatic heterocycles. The van der Waals surface area contributed by atoms with Gasteiger partial charge < -0.3 is 19.7 Å². The van der Waals surface area contributed by atoms with Crippen LogP contribution in [0, 0.1) is 0 Å². The predicted octanol–water partition coefficient (Wildman–Crippen LogP) is 1.21. The Labute approximate surface area is 156 Å². The Morgan fingerprint density at radius 3 is 2.67 bits per heavy atom. The molecule has 1 aromatic carbocycles. The summed E-state index contributed by atoms with van der Waals surface area (Å²) in [6, 6.07) is 5.06. The first-order valence-electron chi connectivity index (χ1n) is 8.37. The van der Waals surface area contributed by atoms with Gasteiger partial charge in [-0.05, 0) is 18.6 Å². The van der Waals surface area contributed by atoms with Crippen LogP contribution in [-0.4, -0.2) is 60.6 Å². The predicted molar refractivity (Wildman–Crippen MR) is 97.0 cm³/mol. The summed E-state index contributed by atoms with van der Waals surface area (Å²) in [5.41, 5.74) is 1.03. The normalized spacial score (nSPS) is 19.7. The summed E-state index contributed by atoms with van der Waals surface area (Å²) in [6.07, 6.45) is 3.30. The number of benzene rings is 1. The van der Waals surface area contributed by atoms with E-state index in [1.165, 1.54) is 17.3 Å². The Kier molecular flexibility index (Phi) is 4.34. The second-order valence-corrected chi connectivity index (χ2v) is 8.69. The van der Waals surface area contributed by atoms with Crippen LogP contribution < -0.4 is 14.8 Å². The summed E-state index contributed by atoms with van der Waals surface area (Å²) in [5.74, 6) is 1.46. The molecule has 1 N–H and O–H groups in total. The first-order chi connectivity index (χ1) is 12.9. The minimum Gasteiger partial charge on any atom is -0.454 e. The van der Waals surface area contributed by atoms with Crippen LogP contribution in [0.4, 0.5) is 11.6 Å². The molecule has 0 spiro atoms. The highest BCUT2D eigenvalue weighted by Crippen LogP contribution is 2.34. The lowest BCUT2D eigenvalue weighted by molar-refractivity contribution is 0.0747. The second kappa shape index (κ2) is 6.69. The van der Waals surface area contributed by atoms with Gasteiger partial charge >= 0.3 is 0 Å². The topological polar surface area (TPSA) is 111 Å². The van der Waals surface area contributed by atoms with Crippen LogP contribution in [0.5, 0.6) is 11.5 Å². The van der Waals surface area contributed by atoms with E-state index in [-0.39, 0.29) is 30.2 Å². The number of hydrogen-bond acceptors (Lipinski definition) is 8. The van der Waals surface area contributed by atoms with Crippen molar-refractivity contribution in [2.75, 3.05) is 30.7 Å². The molecule has 0 saturated carbocycles. The average Bonchev–Trinajstić information content (AvgIpc) is 3.26. The van der Waals surface area contributed by atoms with Gasteiger partial charge in [-0.3, -0.25) is 4.79 Å². The fraction of sp³-hybridized carbons (Fsp3) is 0.353. The van der Waals surface area contributed by atoms with Crippen molar-refractivity contribution in [3.63, 3.8) is 0 Å². The summed E-state index contributed by atoms with van der Waals surface area (Å²) >= 11 is 0. The molecule has 1 fully saturated rings. The average molecular weight is 390 g/mol. The van der Waals surface area contributed by atoms with Crippen molar-refractivity contribution in [3.8, 4) is 11.5 Å². The van der Waals surface area contributed by atoms with Crippen molar-refractivity contribution in [2.24, 2.45) is 0 Å². The SMILES string of the molecule is CN(C(=O)c1cnc(Nc2ccc3c(c2)OCO3)nc1)C1CCS(=O)(=O)C1.